The highest BCUT2D eigenvalue weighted by molar-refractivity contribution is 5.86. The first-order valence-corrected chi connectivity index (χ1v) is 12.2. The summed E-state index contributed by atoms with van der Waals surface area (Å²) in [5, 5.41) is 2.82. The summed E-state index contributed by atoms with van der Waals surface area (Å²) in [6, 6.07) is 18.4. The first-order valence-electron chi connectivity index (χ1n) is 12.2. The van der Waals surface area contributed by atoms with Crippen molar-refractivity contribution in [2.24, 2.45) is 0 Å². The van der Waals surface area contributed by atoms with Crippen LogP contribution in [-0.2, 0) is 32.2 Å². The Bertz CT molecular complexity index is 999. The van der Waals surface area contributed by atoms with E-state index in [2.05, 4.69) is 5.32 Å². The van der Waals surface area contributed by atoms with Crippen LogP contribution in [0.25, 0.3) is 0 Å². The van der Waals surface area contributed by atoms with Gasteiger partial charge in [-0.2, -0.15) is 0 Å². The standard InChI is InChI=1S/C27H32N2O6/c1-2-33-24(30)27(28-25(31)34-18-20-10-5-3-6-11-20)16-22-14-9-15-23(17-27)29(22)26(32)35-19-21-12-7-4-8-13-21/h3-8,10-13,22-23H,2,9,14-19H2,1H3,(H,28,31). The predicted octanol–water partition coefficient (Wildman–Crippen LogP) is 4.57. The molecule has 186 valence electrons. The van der Waals surface area contributed by atoms with Crippen LogP contribution in [0.2, 0.25) is 0 Å². The third-order valence-corrected chi connectivity index (χ3v) is 6.67. The summed E-state index contributed by atoms with van der Waals surface area (Å²) in [4.78, 5) is 40.7. The normalized spacial score (nSPS) is 23.2. The highest BCUT2D eigenvalue weighted by atomic mass is 16.6. The monoisotopic (exact) mass is 480 g/mol. The molecule has 2 saturated heterocycles. The Morgan fingerprint density at radius 1 is 0.857 bits per heavy atom. The summed E-state index contributed by atoms with van der Waals surface area (Å²) in [6.07, 6.45) is 1.81. The smallest absolute Gasteiger partial charge is 0.410 e. The second-order valence-electron chi connectivity index (χ2n) is 9.08. The Hall–Kier alpha value is -3.55. The summed E-state index contributed by atoms with van der Waals surface area (Å²) in [6.45, 7) is 2.20. The number of amides is 2. The number of nitrogens with one attached hydrogen (secondary N) is 1. The average molecular weight is 481 g/mol. The van der Waals surface area contributed by atoms with Crippen LogP contribution in [0.15, 0.2) is 60.7 Å². The van der Waals surface area contributed by atoms with Gasteiger partial charge in [-0.25, -0.2) is 14.4 Å². The number of hydrogen-bond acceptors (Lipinski definition) is 6. The van der Waals surface area contributed by atoms with Gasteiger partial charge in [0.1, 0.15) is 18.8 Å². The lowest BCUT2D eigenvalue weighted by Gasteiger charge is -2.51. The van der Waals surface area contributed by atoms with Gasteiger partial charge in [0.25, 0.3) is 0 Å². The number of rotatable bonds is 7. The van der Waals surface area contributed by atoms with E-state index in [0.717, 1.165) is 30.4 Å². The van der Waals surface area contributed by atoms with Crippen molar-refractivity contribution < 1.29 is 28.6 Å². The molecule has 2 fully saturated rings. The van der Waals surface area contributed by atoms with E-state index in [-0.39, 0.29) is 44.7 Å². The molecule has 4 rings (SSSR count). The number of benzene rings is 2. The molecule has 2 aliphatic rings. The van der Waals surface area contributed by atoms with Gasteiger partial charge in [-0.3, -0.25) is 0 Å². The number of fused-ring (bicyclic) bond motifs is 2. The van der Waals surface area contributed by atoms with Crippen LogP contribution in [0.3, 0.4) is 0 Å². The highest BCUT2D eigenvalue weighted by Gasteiger charge is 2.54. The predicted molar refractivity (Wildman–Crippen MR) is 128 cm³/mol. The largest absolute Gasteiger partial charge is 0.464 e. The Labute approximate surface area is 205 Å². The maximum absolute atomic E-state index is 13.1. The molecule has 2 bridgehead atoms. The van der Waals surface area contributed by atoms with Gasteiger partial charge < -0.3 is 24.4 Å². The molecule has 2 heterocycles. The van der Waals surface area contributed by atoms with Gasteiger partial charge >= 0.3 is 18.2 Å². The third kappa shape index (κ3) is 5.93. The van der Waals surface area contributed by atoms with Crippen LogP contribution >= 0.6 is 0 Å². The number of piperidine rings is 2. The van der Waals surface area contributed by atoms with Crippen molar-refractivity contribution in [3.05, 3.63) is 71.8 Å². The molecule has 2 aromatic carbocycles. The maximum atomic E-state index is 13.1. The minimum Gasteiger partial charge on any atom is -0.464 e. The van der Waals surface area contributed by atoms with E-state index in [9.17, 15) is 14.4 Å². The molecule has 2 amide bonds. The first-order chi connectivity index (χ1) is 17.0. The van der Waals surface area contributed by atoms with Crippen molar-refractivity contribution in [3.8, 4) is 0 Å². The van der Waals surface area contributed by atoms with Crippen LogP contribution in [0, 0.1) is 0 Å². The van der Waals surface area contributed by atoms with Crippen molar-refractivity contribution in [1.82, 2.24) is 10.2 Å². The number of carbonyl (C=O) groups excluding carboxylic acids is 3. The van der Waals surface area contributed by atoms with Gasteiger partial charge in [-0.15, -0.1) is 0 Å². The molecule has 0 saturated carbocycles. The van der Waals surface area contributed by atoms with Gasteiger partial charge in [0.15, 0.2) is 0 Å². The van der Waals surface area contributed by atoms with Crippen molar-refractivity contribution in [3.63, 3.8) is 0 Å². The second kappa shape index (κ2) is 11.3. The van der Waals surface area contributed by atoms with Gasteiger partial charge in [-0.1, -0.05) is 60.7 Å². The number of nitrogens with zero attached hydrogens (tertiary/aromatic N) is 1. The molecule has 1 N–H and O–H groups in total. The van der Waals surface area contributed by atoms with Crippen LogP contribution in [0.4, 0.5) is 9.59 Å². The van der Waals surface area contributed by atoms with E-state index in [1.807, 2.05) is 60.7 Å². The Morgan fingerprint density at radius 3 is 1.94 bits per heavy atom. The zero-order chi connectivity index (χ0) is 24.7. The van der Waals surface area contributed by atoms with Crippen LogP contribution in [-0.4, -0.2) is 47.3 Å². The molecule has 2 aromatic rings. The number of ether oxygens (including phenoxy) is 3. The van der Waals surface area contributed by atoms with E-state index in [0.29, 0.717) is 0 Å². The van der Waals surface area contributed by atoms with E-state index < -0.39 is 23.7 Å². The van der Waals surface area contributed by atoms with Crippen LogP contribution < -0.4 is 5.32 Å². The lowest BCUT2D eigenvalue weighted by Crippen LogP contribution is -2.68. The first kappa shape index (κ1) is 24.6. The number of alkyl carbamates (subject to hydrolysis) is 1. The fourth-order valence-corrected chi connectivity index (χ4v) is 5.09. The number of esters is 1. The highest BCUT2D eigenvalue weighted by Crippen LogP contribution is 2.40. The third-order valence-electron chi connectivity index (χ3n) is 6.67. The maximum Gasteiger partial charge on any atom is 0.410 e. The molecule has 0 aromatic heterocycles. The summed E-state index contributed by atoms with van der Waals surface area (Å²) >= 11 is 0. The van der Waals surface area contributed by atoms with Gasteiger partial charge in [0.05, 0.1) is 6.61 Å². The van der Waals surface area contributed by atoms with Gasteiger partial charge in [-0.05, 0) is 37.3 Å². The molecule has 0 aliphatic carbocycles. The zero-order valence-corrected chi connectivity index (χ0v) is 20.0. The number of carbonyl (C=O) groups is 3. The second-order valence-corrected chi connectivity index (χ2v) is 9.08. The van der Waals surface area contributed by atoms with E-state index in [1.54, 1.807) is 11.8 Å². The molecule has 8 nitrogen and oxygen atoms in total. The Kier molecular flexibility index (Phi) is 7.90. The molecule has 2 aliphatic heterocycles. The van der Waals surface area contributed by atoms with Crippen LogP contribution in [0.1, 0.15) is 50.2 Å². The topological polar surface area (TPSA) is 94.2 Å². The SMILES string of the molecule is CCOC(=O)C1(NC(=O)OCc2ccccc2)CC2CCCC(C1)N2C(=O)OCc1ccccc1. The fraction of sp³-hybridized carbons (Fsp3) is 0.444. The summed E-state index contributed by atoms with van der Waals surface area (Å²) < 4.78 is 16.4. The van der Waals surface area contributed by atoms with E-state index in [4.69, 9.17) is 14.2 Å². The van der Waals surface area contributed by atoms with E-state index >= 15 is 0 Å². The number of hydrogen-bond donors (Lipinski definition) is 1. The van der Waals surface area contributed by atoms with Crippen LogP contribution in [0.5, 0.6) is 0 Å². The van der Waals surface area contributed by atoms with Crippen molar-refractivity contribution in [1.29, 1.82) is 0 Å². The molecule has 2 unspecified atom stereocenters. The Morgan fingerprint density at radius 2 is 1.40 bits per heavy atom. The molecular formula is C27H32N2O6. The van der Waals surface area contributed by atoms with Gasteiger partial charge in [0, 0.05) is 24.9 Å². The molecule has 8 heteroatoms. The minimum atomic E-state index is -1.25. The minimum absolute atomic E-state index is 0.0936. The lowest BCUT2D eigenvalue weighted by molar-refractivity contribution is -0.156. The average Bonchev–Trinajstić information content (AvgIpc) is 2.87. The van der Waals surface area contributed by atoms with Crippen molar-refractivity contribution in [2.75, 3.05) is 6.61 Å². The molecule has 2 atom stereocenters. The molecule has 35 heavy (non-hydrogen) atoms. The summed E-state index contributed by atoms with van der Waals surface area (Å²) in [5.41, 5.74) is 0.503. The van der Waals surface area contributed by atoms with Gasteiger partial charge in [0.2, 0.25) is 0 Å². The van der Waals surface area contributed by atoms with Crippen molar-refractivity contribution >= 4 is 18.2 Å². The molecular weight excluding hydrogens is 448 g/mol. The summed E-state index contributed by atoms with van der Waals surface area (Å²) in [5.74, 6) is -0.495. The Balaban J connectivity index is 1.45. The molecule has 0 radical (unpaired) electrons. The lowest BCUT2D eigenvalue weighted by atomic mass is 9.73. The van der Waals surface area contributed by atoms with E-state index in [1.165, 1.54) is 0 Å². The van der Waals surface area contributed by atoms with Crippen molar-refractivity contribution in [2.45, 2.75) is 69.9 Å². The summed E-state index contributed by atoms with van der Waals surface area (Å²) in [7, 11) is 0. The quantitative estimate of drug-likeness (QED) is 0.461. The zero-order valence-electron chi connectivity index (χ0n) is 20.0. The molecule has 0 spiro atoms. The fourth-order valence-electron chi connectivity index (χ4n) is 5.09.